The third-order valence-corrected chi connectivity index (χ3v) is 4.55. The molecule has 0 radical (unpaired) electrons. The van der Waals surface area contributed by atoms with Crippen LogP contribution in [0.15, 0.2) is 18.3 Å². The molecule has 0 aliphatic carbocycles. The van der Waals surface area contributed by atoms with Crippen molar-refractivity contribution in [3.63, 3.8) is 0 Å². The molecule has 1 atom stereocenters. The van der Waals surface area contributed by atoms with Crippen molar-refractivity contribution < 1.29 is 14.3 Å². The summed E-state index contributed by atoms with van der Waals surface area (Å²) in [7, 11) is 1.65. The molecule has 1 amide bonds. The Bertz CT molecular complexity index is 585. The van der Waals surface area contributed by atoms with Crippen molar-refractivity contribution in [2.24, 2.45) is 0 Å². The van der Waals surface area contributed by atoms with Gasteiger partial charge in [-0.25, -0.2) is 0 Å². The summed E-state index contributed by atoms with van der Waals surface area (Å²) in [6.45, 7) is 7.69. The van der Waals surface area contributed by atoms with Crippen LogP contribution >= 0.6 is 0 Å². The van der Waals surface area contributed by atoms with Gasteiger partial charge >= 0.3 is 0 Å². The highest BCUT2D eigenvalue weighted by molar-refractivity contribution is 5.93. The van der Waals surface area contributed by atoms with Gasteiger partial charge in [-0.05, 0) is 38.8 Å². The van der Waals surface area contributed by atoms with E-state index in [1.54, 1.807) is 13.3 Å². The third-order valence-electron chi connectivity index (χ3n) is 4.55. The van der Waals surface area contributed by atoms with E-state index in [2.05, 4.69) is 9.88 Å². The highest BCUT2D eigenvalue weighted by Gasteiger charge is 2.36. The molecule has 3 heterocycles. The van der Waals surface area contributed by atoms with Gasteiger partial charge in [-0.1, -0.05) is 0 Å². The number of methoxy groups -OCH3 is 1. The molecular formula is C18H27N3O3. The second-order valence-electron chi connectivity index (χ2n) is 7.23. The fraction of sp³-hybridized carbons (Fsp3) is 0.667. The van der Waals surface area contributed by atoms with Gasteiger partial charge in [0.25, 0.3) is 5.91 Å². The van der Waals surface area contributed by atoms with Crippen LogP contribution in [0.1, 0.15) is 37.2 Å². The highest BCUT2D eigenvalue weighted by atomic mass is 16.5. The predicted octanol–water partition coefficient (Wildman–Crippen LogP) is 1.95. The molecule has 0 saturated carbocycles. The van der Waals surface area contributed by atoms with E-state index in [0.717, 1.165) is 18.8 Å². The number of aromatic nitrogens is 1. The van der Waals surface area contributed by atoms with Gasteiger partial charge in [0.15, 0.2) is 0 Å². The number of anilines is 1. The number of carbonyl (C=O) groups excluding carboxylic acids is 1. The Hall–Kier alpha value is -1.66. The topological polar surface area (TPSA) is 54.9 Å². The van der Waals surface area contributed by atoms with Crippen LogP contribution in [0.3, 0.4) is 0 Å². The van der Waals surface area contributed by atoms with Crippen molar-refractivity contribution >= 4 is 11.6 Å². The van der Waals surface area contributed by atoms with Gasteiger partial charge in [-0.15, -0.1) is 0 Å². The lowest BCUT2D eigenvalue weighted by atomic mass is 10.0. The monoisotopic (exact) mass is 333 g/mol. The average molecular weight is 333 g/mol. The number of carbonyl (C=O) groups is 1. The van der Waals surface area contributed by atoms with Gasteiger partial charge in [0.1, 0.15) is 5.69 Å². The highest BCUT2D eigenvalue weighted by Crippen LogP contribution is 2.24. The molecule has 2 saturated heterocycles. The molecule has 6 nitrogen and oxygen atoms in total. The Kier molecular flexibility index (Phi) is 5.06. The van der Waals surface area contributed by atoms with E-state index < -0.39 is 0 Å². The molecule has 0 spiro atoms. The minimum atomic E-state index is -0.385. The van der Waals surface area contributed by atoms with Crippen LogP contribution in [-0.2, 0) is 9.47 Å². The lowest BCUT2D eigenvalue weighted by Crippen LogP contribution is -2.55. The molecule has 0 N–H and O–H groups in total. The van der Waals surface area contributed by atoms with Crippen molar-refractivity contribution in [2.75, 3.05) is 44.8 Å². The van der Waals surface area contributed by atoms with Gasteiger partial charge < -0.3 is 19.3 Å². The van der Waals surface area contributed by atoms with Crippen LogP contribution in [0.2, 0.25) is 0 Å². The first kappa shape index (κ1) is 17.2. The molecule has 2 fully saturated rings. The minimum absolute atomic E-state index is 0.0338. The summed E-state index contributed by atoms with van der Waals surface area (Å²) in [6, 6.07) is 3.90. The molecule has 3 rings (SSSR count). The van der Waals surface area contributed by atoms with Crippen LogP contribution < -0.4 is 4.90 Å². The van der Waals surface area contributed by atoms with Gasteiger partial charge in [-0.2, -0.15) is 0 Å². The fourth-order valence-electron chi connectivity index (χ4n) is 3.59. The van der Waals surface area contributed by atoms with Gasteiger partial charge in [0.05, 0.1) is 18.3 Å². The van der Waals surface area contributed by atoms with Crippen molar-refractivity contribution in [3.8, 4) is 0 Å². The normalized spacial score (nSPS) is 23.5. The third kappa shape index (κ3) is 3.87. The molecule has 24 heavy (non-hydrogen) atoms. The number of hydrogen-bond acceptors (Lipinski definition) is 5. The number of rotatable bonds is 4. The van der Waals surface area contributed by atoms with Crippen molar-refractivity contribution in [3.05, 3.63) is 24.0 Å². The van der Waals surface area contributed by atoms with Gasteiger partial charge in [0, 0.05) is 45.2 Å². The van der Waals surface area contributed by atoms with E-state index in [0.29, 0.717) is 25.4 Å². The number of hydrogen-bond donors (Lipinski definition) is 0. The molecule has 1 aromatic rings. The van der Waals surface area contributed by atoms with E-state index in [1.165, 1.54) is 12.8 Å². The first-order valence-corrected chi connectivity index (χ1v) is 8.65. The summed E-state index contributed by atoms with van der Waals surface area (Å²) >= 11 is 0. The Balaban J connectivity index is 1.76. The number of nitrogens with zero attached hydrogens (tertiary/aromatic N) is 3. The van der Waals surface area contributed by atoms with Gasteiger partial charge in [-0.3, -0.25) is 9.78 Å². The van der Waals surface area contributed by atoms with Crippen LogP contribution in [0.25, 0.3) is 0 Å². The zero-order valence-corrected chi connectivity index (χ0v) is 14.8. The van der Waals surface area contributed by atoms with E-state index in [9.17, 15) is 4.79 Å². The standard InChI is InChI=1S/C18H27N3O3/c1-18(2)13-21(11-15(24-18)12-23-3)17(22)16-10-14(6-7-19-16)20-8-4-5-9-20/h6-7,10,15H,4-5,8-9,11-13H2,1-3H3. The summed E-state index contributed by atoms with van der Waals surface area (Å²) in [6.07, 6.45) is 4.05. The maximum atomic E-state index is 13.0. The van der Waals surface area contributed by atoms with E-state index in [4.69, 9.17) is 9.47 Å². The van der Waals surface area contributed by atoms with Crippen molar-refractivity contribution in [1.29, 1.82) is 0 Å². The van der Waals surface area contributed by atoms with Crippen LogP contribution in [0.4, 0.5) is 5.69 Å². The molecule has 1 unspecified atom stereocenters. The molecule has 6 heteroatoms. The van der Waals surface area contributed by atoms with Crippen molar-refractivity contribution in [1.82, 2.24) is 9.88 Å². The number of morpholine rings is 1. The first-order valence-electron chi connectivity index (χ1n) is 8.65. The van der Waals surface area contributed by atoms with E-state index in [-0.39, 0.29) is 17.6 Å². The summed E-state index contributed by atoms with van der Waals surface area (Å²) in [5, 5.41) is 0. The largest absolute Gasteiger partial charge is 0.382 e. The van der Waals surface area contributed by atoms with E-state index >= 15 is 0 Å². The van der Waals surface area contributed by atoms with Crippen LogP contribution in [0.5, 0.6) is 0 Å². The van der Waals surface area contributed by atoms with Crippen LogP contribution in [0, 0.1) is 0 Å². The molecule has 0 bridgehead atoms. The zero-order chi connectivity index (χ0) is 17.2. The number of amides is 1. The lowest BCUT2D eigenvalue weighted by molar-refractivity contribution is -0.143. The average Bonchev–Trinajstić information content (AvgIpc) is 3.07. The van der Waals surface area contributed by atoms with E-state index in [1.807, 2.05) is 30.9 Å². The minimum Gasteiger partial charge on any atom is -0.382 e. The molecule has 2 aliphatic heterocycles. The smallest absolute Gasteiger partial charge is 0.272 e. The molecule has 1 aromatic heterocycles. The number of pyridine rings is 1. The second kappa shape index (κ2) is 7.07. The summed E-state index contributed by atoms with van der Waals surface area (Å²) in [4.78, 5) is 21.4. The molecule has 132 valence electrons. The number of ether oxygens (including phenoxy) is 2. The SMILES string of the molecule is COCC1CN(C(=O)c2cc(N3CCCC3)ccn2)CC(C)(C)O1. The maximum Gasteiger partial charge on any atom is 0.272 e. The summed E-state index contributed by atoms with van der Waals surface area (Å²) < 4.78 is 11.2. The van der Waals surface area contributed by atoms with Crippen LogP contribution in [-0.4, -0.2) is 67.4 Å². The maximum absolute atomic E-state index is 13.0. The Morgan fingerprint density at radius 2 is 2.17 bits per heavy atom. The fourth-order valence-corrected chi connectivity index (χ4v) is 3.59. The Labute approximate surface area is 143 Å². The molecule has 2 aliphatic rings. The second-order valence-corrected chi connectivity index (χ2v) is 7.23. The zero-order valence-electron chi connectivity index (χ0n) is 14.8. The quantitative estimate of drug-likeness (QED) is 0.843. The predicted molar refractivity (Wildman–Crippen MR) is 92.4 cm³/mol. The summed E-state index contributed by atoms with van der Waals surface area (Å²) in [5.74, 6) is -0.0338. The Morgan fingerprint density at radius 3 is 2.88 bits per heavy atom. The molecular weight excluding hydrogens is 306 g/mol. The Morgan fingerprint density at radius 1 is 1.42 bits per heavy atom. The molecule has 0 aromatic carbocycles. The van der Waals surface area contributed by atoms with Crippen molar-refractivity contribution in [2.45, 2.75) is 38.4 Å². The first-order chi connectivity index (χ1) is 11.5. The van der Waals surface area contributed by atoms with Gasteiger partial charge in [0.2, 0.25) is 0 Å². The lowest BCUT2D eigenvalue weighted by Gasteiger charge is -2.42. The summed E-state index contributed by atoms with van der Waals surface area (Å²) in [5.41, 5.74) is 1.21.